The van der Waals surface area contributed by atoms with E-state index in [0.29, 0.717) is 25.4 Å². The Labute approximate surface area is 190 Å². The van der Waals surface area contributed by atoms with Crippen LogP contribution in [0.5, 0.6) is 11.5 Å². The summed E-state index contributed by atoms with van der Waals surface area (Å²) < 4.78 is 11.8. The first-order valence-corrected chi connectivity index (χ1v) is 11.5. The van der Waals surface area contributed by atoms with Crippen LogP contribution in [0.3, 0.4) is 0 Å². The molecule has 3 aromatic carbocycles. The van der Waals surface area contributed by atoms with Gasteiger partial charge in [-0.25, -0.2) is 0 Å². The van der Waals surface area contributed by atoms with Gasteiger partial charge in [-0.15, -0.1) is 0 Å². The zero-order chi connectivity index (χ0) is 22.7. The second-order valence-electron chi connectivity index (χ2n) is 8.14. The van der Waals surface area contributed by atoms with Crippen molar-refractivity contribution in [1.29, 1.82) is 0 Å². The average molecular weight is 430 g/mol. The predicted octanol–water partition coefficient (Wildman–Crippen LogP) is 6.03. The van der Waals surface area contributed by atoms with E-state index >= 15 is 0 Å². The van der Waals surface area contributed by atoms with E-state index in [0.717, 1.165) is 34.5 Å². The molecule has 0 fully saturated rings. The number of rotatable bonds is 7. The number of aryl methyl sites for hydroxylation is 2. The molecule has 0 saturated carbocycles. The van der Waals surface area contributed by atoms with Crippen molar-refractivity contribution < 1.29 is 14.3 Å². The molecule has 32 heavy (non-hydrogen) atoms. The monoisotopic (exact) mass is 429 g/mol. The van der Waals surface area contributed by atoms with Crippen molar-refractivity contribution in [1.82, 2.24) is 0 Å². The quantitative estimate of drug-likeness (QED) is 0.460. The molecule has 1 aliphatic rings. The fraction of sp³-hybridized carbons (Fsp3) is 0.321. The number of fused-ring (bicyclic) bond motifs is 1. The van der Waals surface area contributed by atoms with E-state index in [9.17, 15) is 4.79 Å². The van der Waals surface area contributed by atoms with Gasteiger partial charge in [-0.2, -0.15) is 0 Å². The van der Waals surface area contributed by atoms with Crippen molar-refractivity contribution in [3.05, 3.63) is 88.5 Å². The van der Waals surface area contributed by atoms with E-state index in [1.54, 1.807) is 0 Å². The molecular formula is C28H31NO3. The molecule has 4 rings (SSSR count). The minimum Gasteiger partial charge on any atom is -0.490 e. The molecule has 0 N–H and O–H groups in total. The molecule has 0 spiro atoms. The fourth-order valence-corrected chi connectivity index (χ4v) is 4.36. The van der Waals surface area contributed by atoms with Crippen LogP contribution >= 0.6 is 0 Å². The van der Waals surface area contributed by atoms with Crippen LogP contribution in [0.25, 0.3) is 0 Å². The van der Waals surface area contributed by atoms with Crippen LogP contribution < -0.4 is 14.4 Å². The lowest BCUT2D eigenvalue weighted by Crippen LogP contribution is -2.41. The molecule has 1 atom stereocenters. The Bertz CT molecular complexity index is 1090. The summed E-state index contributed by atoms with van der Waals surface area (Å²) >= 11 is 0. The molecule has 0 aliphatic carbocycles. The normalized spacial score (nSPS) is 15.4. The van der Waals surface area contributed by atoms with Crippen LogP contribution in [0, 0.1) is 6.92 Å². The molecule has 4 nitrogen and oxygen atoms in total. The molecule has 0 radical (unpaired) electrons. The number of benzene rings is 3. The van der Waals surface area contributed by atoms with Crippen molar-refractivity contribution in [3.63, 3.8) is 0 Å². The Kier molecular flexibility index (Phi) is 6.50. The van der Waals surface area contributed by atoms with Crippen molar-refractivity contribution in [2.45, 2.75) is 46.6 Å². The molecule has 3 aromatic rings. The highest BCUT2D eigenvalue weighted by Crippen LogP contribution is 2.43. The molecule has 1 heterocycles. The number of carbonyl (C=O) groups excluding carboxylic acids is 1. The maximum atomic E-state index is 13.5. The van der Waals surface area contributed by atoms with E-state index in [2.05, 4.69) is 56.3 Å². The van der Waals surface area contributed by atoms with Gasteiger partial charge in [0.05, 0.1) is 25.7 Å². The van der Waals surface area contributed by atoms with Gasteiger partial charge in [0, 0.05) is 5.69 Å². The predicted molar refractivity (Wildman–Crippen MR) is 129 cm³/mol. The average Bonchev–Trinajstić information content (AvgIpc) is 2.80. The van der Waals surface area contributed by atoms with Gasteiger partial charge in [0.25, 0.3) is 0 Å². The first-order chi connectivity index (χ1) is 15.5. The van der Waals surface area contributed by atoms with Gasteiger partial charge in [0.15, 0.2) is 11.5 Å². The first kappa shape index (κ1) is 21.9. The molecule has 1 amide bonds. The van der Waals surface area contributed by atoms with E-state index < -0.39 is 0 Å². The maximum absolute atomic E-state index is 13.5. The van der Waals surface area contributed by atoms with E-state index in [4.69, 9.17) is 9.47 Å². The third-order valence-corrected chi connectivity index (χ3v) is 5.98. The summed E-state index contributed by atoms with van der Waals surface area (Å²) in [6.45, 7) is 9.23. The second kappa shape index (κ2) is 9.47. The third kappa shape index (κ3) is 4.22. The Morgan fingerprint density at radius 2 is 1.50 bits per heavy atom. The molecule has 0 aromatic heterocycles. The highest BCUT2D eigenvalue weighted by Gasteiger charge is 2.36. The Morgan fingerprint density at radius 1 is 0.875 bits per heavy atom. The van der Waals surface area contributed by atoms with Gasteiger partial charge in [0.2, 0.25) is 5.91 Å². The molecule has 1 aliphatic heterocycles. The van der Waals surface area contributed by atoms with Gasteiger partial charge in [-0.3, -0.25) is 4.79 Å². The van der Waals surface area contributed by atoms with Crippen LogP contribution in [-0.4, -0.2) is 19.1 Å². The maximum Gasteiger partial charge on any atom is 0.232 e. The van der Waals surface area contributed by atoms with Crippen molar-refractivity contribution in [2.24, 2.45) is 0 Å². The summed E-state index contributed by atoms with van der Waals surface area (Å²) in [6.07, 6.45) is 1.31. The summed E-state index contributed by atoms with van der Waals surface area (Å²) in [4.78, 5) is 15.4. The number of nitrogens with zero attached hydrogens (tertiary/aromatic N) is 1. The van der Waals surface area contributed by atoms with Gasteiger partial charge in [0.1, 0.15) is 0 Å². The third-order valence-electron chi connectivity index (χ3n) is 5.98. The lowest BCUT2D eigenvalue weighted by atomic mass is 9.86. The zero-order valence-electron chi connectivity index (χ0n) is 19.4. The lowest BCUT2D eigenvalue weighted by molar-refractivity contribution is -0.118. The van der Waals surface area contributed by atoms with E-state index in [-0.39, 0.29) is 11.9 Å². The second-order valence-corrected chi connectivity index (χ2v) is 8.14. The van der Waals surface area contributed by atoms with E-state index in [1.165, 1.54) is 11.1 Å². The standard InChI is InChI=1S/C28H31NO3/c1-5-20-10-12-21(13-11-20)28-24-18-26(32-7-3)25(31-6-2)16-22(24)17-27(30)29(28)23-14-8-19(4)9-15-23/h8-16,18,28H,5-7,17H2,1-4H3/t28-/m0/s1. The summed E-state index contributed by atoms with van der Waals surface area (Å²) in [5, 5.41) is 0. The molecule has 0 saturated heterocycles. The number of anilines is 1. The summed E-state index contributed by atoms with van der Waals surface area (Å²) in [7, 11) is 0. The minimum absolute atomic E-state index is 0.0810. The lowest BCUT2D eigenvalue weighted by Gasteiger charge is -2.38. The number of hydrogen-bond acceptors (Lipinski definition) is 3. The topological polar surface area (TPSA) is 38.8 Å². The Hall–Kier alpha value is -3.27. The zero-order valence-corrected chi connectivity index (χ0v) is 19.4. The van der Waals surface area contributed by atoms with Crippen LogP contribution in [-0.2, 0) is 17.6 Å². The highest BCUT2D eigenvalue weighted by atomic mass is 16.5. The minimum atomic E-state index is -0.227. The smallest absolute Gasteiger partial charge is 0.232 e. The molecule has 4 heteroatoms. The first-order valence-electron chi connectivity index (χ1n) is 11.5. The fourth-order valence-electron chi connectivity index (χ4n) is 4.36. The Balaban J connectivity index is 1.90. The van der Waals surface area contributed by atoms with Gasteiger partial charge in [-0.05, 0) is 73.7 Å². The molecular weight excluding hydrogens is 398 g/mol. The number of carbonyl (C=O) groups is 1. The van der Waals surface area contributed by atoms with E-state index in [1.807, 2.05) is 36.9 Å². The number of hydrogen-bond donors (Lipinski definition) is 0. The Morgan fingerprint density at radius 3 is 2.09 bits per heavy atom. The van der Waals surface area contributed by atoms with Gasteiger partial charge >= 0.3 is 0 Å². The summed E-state index contributed by atoms with van der Waals surface area (Å²) in [5.74, 6) is 1.50. The molecule has 0 bridgehead atoms. The summed E-state index contributed by atoms with van der Waals surface area (Å²) in [5.41, 5.74) is 6.52. The number of ether oxygens (including phenoxy) is 2. The SMILES string of the molecule is CCOc1cc2c(cc1OCC)[C@H](c1ccc(CC)cc1)N(c1ccc(C)cc1)C(=O)C2. The van der Waals surface area contributed by atoms with Gasteiger partial charge in [-0.1, -0.05) is 48.9 Å². The molecule has 0 unspecified atom stereocenters. The van der Waals surface area contributed by atoms with Crippen LogP contribution in [0.2, 0.25) is 0 Å². The largest absolute Gasteiger partial charge is 0.490 e. The van der Waals surface area contributed by atoms with Crippen LogP contribution in [0.15, 0.2) is 60.7 Å². The van der Waals surface area contributed by atoms with Gasteiger partial charge < -0.3 is 14.4 Å². The summed E-state index contributed by atoms with van der Waals surface area (Å²) in [6, 6.07) is 20.6. The number of amides is 1. The molecule has 166 valence electrons. The van der Waals surface area contributed by atoms with Crippen molar-refractivity contribution in [2.75, 3.05) is 18.1 Å². The highest BCUT2D eigenvalue weighted by molar-refractivity contribution is 5.98. The van der Waals surface area contributed by atoms with Crippen molar-refractivity contribution in [3.8, 4) is 11.5 Å². The van der Waals surface area contributed by atoms with Crippen LogP contribution in [0.4, 0.5) is 5.69 Å². The van der Waals surface area contributed by atoms with Crippen LogP contribution in [0.1, 0.15) is 54.6 Å². The van der Waals surface area contributed by atoms with Crippen molar-refractivity contribution >= 4 is 11.6 Å².